The molecule has 2 rings (SSSR count). The Hall–Kier alpha value is -5.22. The van der Waals surface area contributed by atoms with Crippen LogP contribution >= 0.6 is 0 Å². The fourth-order valence-electron chi connectivity index (χ4n) is 7.00. The molecule has 0 radical (unpaired) electrons. The molecule has 8 amide bonds. The number of hydrogen-bond acceptors (Lipinski definition) is 20. The fourth-order valence-corrected chi connectivity index (χ4v) is 7.00. The van der Waals surface area contributed by atoms with Gasteiger partial charge >= 0.3 is 11.9 Å². The van der Waals surface area contributed by atoms with Gasteiger partial charge in [0.25, 0.3) is 23.6 Å². The molecule has 440 valence electrons. The summed E-state index contributed by atoms with van der Waals surface area (Å²) < 4.78 is 43.7. The van der Waals surface area contributed by atoms with Crippen LogP contribution in [0.3, 0.4) is 0 Å². The monoisotopic (exact) mass is 1100 g/mol. The number of imide groups is 2. The molecule has 2 aliphatic rings. The Morgan fingerprint density at radius 3 is 0.883 bits per heavy atom. The van der Waals surface area contributed by atoms with Gasteiger partial charge in [0, 0.05) is 104 Å². The van der Waals surface area contributed by atoms with Crippen LogP contribution in [0, 0.1) is 0 Å². The highest BCUT2D eigenvalue weighted by Gasteiger charge is 2.33. The minimum absolute atomic E-state index is 0.0699. The van der Waals surface area contributed by atoms with Crippen molar-refractivity contribution >= 4 is 59.2 Å². The van der Waals surface area contributed by atoms with Gasteiger partial charge in [0.05, 0.1) is 92.5 Å². The Morgan fingerprint density at radius 2 is 0.545 bits per heavy atom. The number of hydroxylamine groups is 4. The molecule has 2 heterocycles. The van der Waals surface area contributed by atoms with E-state index in [9.17, 15) is 47.9 Å². The van der Waals surface area contributed by atoms with Gasteiger partial charge in [-0.1, -0.05) is 38.5 Å². The largest absolute Gasteiger partial charge is 0.381 e. The Kier molecular flexibility index (Phi) is 41.3. The van der Waals surface area contributed by atoms with Gasteiger partial charge in [-0.05, 0) is 32.1 Å². The molecule has 0 saturated carbocycles. The van der Waals surface area contributed by atoms with Crippen LogP contribution in [0.15, 0.2) is 0 Å². The van der Waals surface area contributed by atoms with Crippen LogP contribution in [-0.4, -0.2) is 201 Å². The molecule has 0 atom stereocenters. The topological polar surface area (TPSA) is 318 Å². The average molecular weight is 1100 g/mol. The predicted molar refractivity (Wildman–Crippen MR) is 271 cm³/mol. The van der Waals surface area contributed by atoms with E-state index in [0.29, 0.717) is 135 Å². The number of carbonyl (C=O) groups excluding carboxylic acids is 10. The summed E-state index contributed by atoms with van der Waals surface area (Å²) >= 11 is 0. The van der Waals surface area contributed by atoms with Gasteiger partial charge in [0.2, 0.25) is 23.6 Å². The zero-order valence-corrected chi connectivity index (χ0v) is 45.1. The van der Waals surface area contributed by atoms with Crippen LogP contribution < -0.4 is 21.3 Å². The summed E-state index contributed by atoms with van der Waals surface area (Å²) in [6.07, 6.45) is 10.1. The van der Waals surface area contributed by atoms with Gasteiger partial charge in [-0.25, -0.2) is 9.59 Å². The molecule has 0 aliphatic carbocycles. The molecule has 2 saturated heterocycles. The summed E-state index contributed by atoms with van der Waals surface area (Å²) in [7, 11) is 0. The molecular weight excluding hydrogens is 1020 g/mol. The number of amides is 8. The lowest BCUT2D eigenvalue weighted by atomic mass is 10.1. The zero-order valence-electron chi connectivity index (χ0n) is 45.1. The summed E-state index contributed by atoms with van der Waals surface area (Å²) in [4.78, 5) is 127. The first-order valence-corrected chi connectivity index (χ1v) is 27.3. The fraction of sp³-hybridized carbons (Fsp3) is 0.804. The SMILES string of the molecule is O=C(CCOCCCOCCC(=O)NCCOCCOCCOCCC(=O)NCCCCCCCC(=O)ON1C(=O)CCC1=O)NCCOCCOCCOCCC(=O)NCCCCCCCC(=O)ON1C(=O)CCC1=O. The second-order valence-corrected chi connectivity index (χ2v) is 17.8. The van der Waals surface area contributed by atoms with Crippen molar-refractivity contribution in [1.29, 1.82) is 0 Å². The summed E-state index contributed by atoms with van der Waals surface area (Å²) in [5, 5.41) is 12.4. The normalized spacial score (nSPS) is 13.4. The molecule has 0 aromatic carbocycles. The van der Waals surface area contributed by atoms with E-state index in [1.807, 2.05) is 0 Å². The molecule has 0 unspecified atom stereocenters. The minimum atomic E-state index is -0.589. The van der Waals surface area contributed by atoms with Gasteiger partial charge in [0.15, 0.2) is 0 Å². The Balaban J connectivity index is 1.19. The smallest absolute Gasteiger partial charge is 0.333 e. The number of unbranched alkanes of at least 4 members (excludes halogenated alkanes) is 8. The van der Waals surface area contributed by atoms with Gasteiger partial charge in [0.1, 0.15) is 0 Å². The van der Waals surface area contributed by atoms with E-state index < -0.39 is 35.6 Å². The van der Waals surface area contributed by atoms with Gasteiger partial charge in [-0.3, -0.25) is 38.4 Å². The highest BCUT2D eigenvalue weighted by atomic mass is 16.7. The van der Waals surface area contributed by atoms with E-state index in [1.165, 1.54) is 0 Å². The second kappa shape index (κ2) is 46.8. The molecule has 0 aromatic rings. The number of carbonyl (C=O) groups is 10. The van der Waals surface area contributed by atoms with Crippen LogP contribution in [-0.2, 0) is 95.5 Å². The zero-order chi connectivity index (χ0) is 55.8. The van der Waals surface area contributed by atoms with Crippen molar-refractivity contribution in [3.05, 3.63) is 0 Å². The van der Waals surface area contributed by atoms with E-state index in [0.717, 1.165) is 51.4 Å². The van der Waals surface area contributed by atoms with Crippen molar-refractivity contribution in [2.24, 2.45) is 0 Å². The van der Waals surface area contributed by atoms with E-state index in [2.05, 4.69) is 21.3 Å². The molecule has 2 fully saturated rings. The summed E-state index contributed by atoms with van der Waals surface area (Å²) in [6, 6.07) is 0. The highest BCUT2D eigenvalue weighted by molar-refractivity contribution is 6.02. The minimum Gasteiger partial charge on any atom is -0.381 e. The third kappa shape index (κ3) is 38.9. The molecular formula is C51H86N6O20. The molecule has 0 aromatic heterocycles. The number of rotatable bonds is 52. The molecule has 0 spiro atoms. The molecule has 26 heteroatoms. The standard InChI is InChI=1S/C51H86N6O20/c58-42(52-22-9-5-1-3-7-12-50(66)76-56-46(62)14-15-47(56)63)20-30-70-34-38-74-40-36-72-32-24-54-44(60)18-28-68-26-11-27-69-29-19-45(61)55-25-33-73-37-41-75-39-35-71-31-21-43(59)53-23-10-6-2-4-8-13-51(67)77-57-48(64)16-17-49(57)65/h1-41H2,(H,52,58)(H,53,59)(H,54,60)(H,55,61). The molecule has 4 N–H and O–H groups in total. The predicted octanol–water partition coefficient (Wildman–Crippen LogP) is 1.43. The summed E-state index contributed by atoms with van der Waals surface area (Å²) in [6.45, 7) is 7.35. The number of hydrogen-bond donors (Lipinski definition) is 4. The third-order valence-electron chi connectivity index (χ3n) is 11.3. The lowest BCUT2D eigenvalue weighted by molar-refractivity contribution is -0.197. The van der Waals surface area contributed by atoms with Crippen molar-refractivity contribution in [2.75, 3.05) is 132 Å². The van der Waals surface area contributed by atoms with Gasteiger partial charge in [-0.15, -0.1) is 10.1 Å². The van der Waals surface area contributed by atoms with E-state index in [1.54, 1.807) is 0 Å². The van der Waals surface area contributed by atoms with Crippen molar-refractivity contribution in [2.45, 2.75) is 135 Å². The van der Waals surface area contributed by atoms with Crippen LogP contribution in [0.1, 0.15) is 135 Å². The van der Waals surface area contributed by atoms with Crippen LogP contribution in [0.25, 0.3) is 0 Å². The molecule has 0 bridgehead atoms. The summed E-state index contributed by atoms with van der Waals surface area (Å²) in [5.74, 6) is -3.60. The van der Waals surface area contributed by atoms with E-state index in [-0.39, 0.29) is 114 Å². The highest BCUT2D eigenvalue weighted by Crippen LogP contribution is 2.15. The first-order valence-electron chi connectivity index (χ1n) is 27.3. The Bertz CT molecular complexity index is 1570. The van der Waals surface area contributed by atoms with Crippen molar-refractivity contribution in [1.82, 2.24) is 31.4 Å². The maximum Gasteiger partial charge on any atom is 0.333 e. The second-order valence-electron chi connectivity index (χ2n) is 17.8. The Morgan fingerprint density at radius 1 is 0.286 bits per heavy atom. The first-order chi connectivity index (χ1) is 37.5. The molecule has 26 nitrogen and oxygen atoms in total. The van der Waals surface area contributed by atoms with Crippen molar-refractivity contribution < 1.29 is 95.5 Å². The lowest BCUT2D eigenvalue weighted by Crippen LogP contribution is -2.31. The summed E-state index contributed by atoms with van der Waals surface area (Å²) in [5.41, 5.74) is 0. The molecule has 77 heavy (non-hydrogen) atoms. The van der Waals surface area contributed by atoms with E-state index in [4.69, 9.17) is 47.6 Å². The Labute approximate surface area is 451 Å². The van der Waals surface area contributed by atoms with Crippen LogP contribution in [0.5, 0.6) is 0 Å². The number of nitrogens with zero attached hydrogens (tertiary/aromatic N) is 2. The van der Waals surface area contributed by atoms with Crippen LogP contribution in [0.2, 0.25) is 0 Å². The van der Waals surface area contributed by atoms with Gasteiger partial charge < -0.3 is 68.8 Å². The number of nitrogens with one attached hydrogen (secondary N) is 4. The van der Waals surface area contributed by atoms with Crippen molar-refractivity contribution in [3.8, 4) is 0 Å². The third-order valence-corrected chi connectivity index (χ3v) is 11.3. The van der Waals surface area contributed by atoms with Gasteiger partial charge in [-0.2, -0.15) is 0 Å². The quantitative estimate of drug-likeness (QED) is 0.0494. The average Bonchev–Trinajstić information content (AvgIpc) is 3.90. The van der Waals surface area contributed by atoms with Crippen LogP contribution in [0.4, 0.5) is 0 Å². The van der Waals surface area contributed by atoms with Crippen molar-refractivity contribution in [3.63, 3.8) is 0 Å². The lowest BCUT2D eigenvalue weighted by Gasteiger charge is -2.12. The molecule has 2 aliphatic heterocycles. The number of ether oxygens (including phenoxy) is 8. The maximum atomic E-state index is 12.0. The first kappa shape index (κ1) is 67.9. The maximum absolute atomic E-state index is 12.0. The van der Waals surface area contributed by atoms with E-state index >= 15 is 0 Å².